The van der Waals surface area contributed by atoms with E-state index in [2.05, 4.69) is 4.98 Å². The average Bonchev–Trinajstić information content (AvgIpc) is 2.97. The molecule has 4 nitrogen and oxygen atoms in total. The highest BCUT2D eigenvalue weighted by molar-refractivity contribution is 7.15. The standard InChI is InChI=1S/C15H16FN3OS/c1-10(17)6-11-7-12(16)2-3-14(11)20-9-13-8-19-4-5-21-15(19)18-13/h2-5,7-8,10H,6,9,17H2,1H3. The van der Waals surface area contributed by atoms with E-state index in [1.54, 1.807) is 17.4 Å². The smallest absolute Gasteiger partial charge is 0.193 e. The summed E-state index contributed by atoms with van der Waals surface area (Å²) < 4.78 is 21.1. The molecule has 3 aromatic rings. The molecule has 0 saturated carbocycles. The van der Waals surface area contributed by atoms with Crippen molar-refractivity contribution in [3.05, 3.63) is 53.0 Å². The normalized spacial score (nSPS) is 12.7. The first-order valence-electron chi connectivity index (χ1n) is 6.69. The van der Waals surface area contributed by atoms with Gasteiger partial charge in [-0.1, -0.05) is 0 Å². The first kappa shape index (κ1) is 14.0. The quantitative estimate of drug-likeness (QED) is 0.788. The number of benzene rings is 1. The lowest BCUT2D eigenvalue weighted by Gasteiger charge is -2.12. The molecule has 0 saturated heterocycles. The van der Waals surface area contributed by atoms with E-state index in [-0.39, 0.29) is 11.9 Å². The molecule has 0 aliphatic rings. The van der Waals surface area contributed by atoms with E-state index in [9.17, 15) is 4.39 Å². The fourth-order valence-electron chi connectivity index (χ4n) is 2.19. The first-order chi connectivity index (χ1) is 10.1. The zero-order valence-electron chi connectivity index (χ0n) is 11.6. The van der Waals surface area contributed by atoms with Crippen LogP contribution in [0.4, 0.5) is 4.39 Å². The molecule has 0 fully saturated rings. The van der Waals surface area contributed by atoms with E-state index in [0.29, 0.717) is 18.8 Å². The van der Waals surface area contributed by atoms with E-state index in [0.717, 1.165) is 16.2 Å². The van der Waals surface area contributed by atoms with Crippen LogP contribution in [0, 0.1) is 5.82 Å². The average molecular weight is 305 g/mol. The highest BCUT2D eigenvalue weighted by Crippen LogP contribution is 2.22. The number of thiazole rings is 1. The van der Waals surface area contributed by atoms with Crippen LogP contribution in [0.1, 0.15) is 18.2 Å². The van der Waals surface area contributed by atoms with E-state index in [1.165, 1.54) is 12.1 Å². The Bertz CT molecular complexity index is 722. The lowest BCUT2D eigenvalue weighted by Crippen LogP contribution is -2.18. The van der Waals surface area contributed by atoms with Gasteiger partial charge in [-0.3, -0.25) is 4.40 Å². The van der Waals surface area contributed by atoms with E-state index in [1.807, 2.05) is 29.1 Å². The summed E-state index contributed by atoms with van der Waals surface area (Å²) in [6.07, 6.45) is 4.46. The molecule has 1 atom stereocenters. The Hall–Kier alpha value is -1.92. The Morgan fingerprint density at radius 1 is 1.48 bits per heavy atom. The molecule has 1 unspecified atom stereocenters. The van der Waals surface area contributed by atoms with Gasteiger partial charge in [-0.2, -0.15) is 0 Å². The molecule has 21 heavy (non-hydrogen) atoms. The van der Waals surface area contributed by atoms with Gasteiger partial charge >= 0.3 is 0 Å². The maximum Gasteiger partial charge on any atom is 0.193 e. The van der Waals surface area contributed by atoms with Gasteiger partial charge in [0.25, 0.3) is 0 Å². The summed E-state index contributed by atoms with van der Waals surface area (Å²) >= 11 is 1.57. The lowest BCUT2D eigenvalue weighted by atomic mass is 10.1. The zero-order chi connectivity index (χ0) is 14.8. The summed E-state index contributed by atoms with van der Waals surface area (Å²) in [5, 5.41) is 1.98. The van der Waals surface area contributed by atoms with Crippen LogP contribution in [0.15, 0.2) is 36.0 Å². The second kappa shape index (κ2) is 5.83. The number of hydrogen-bond acceptors (Lipinski definition) is 4. The zero-order valence-corrected chi connectivity index (χ0v) is 12.4. The fourth-order valence-corrected chi connectivity index (χ4v) is 2.91. The molecular formula is C15H16FN3OS. The number of hydrogen-bond donors (Lipinski definition) is 1. The Balaban J connectivity index is 1.76. The number of imidazole rings is 1. The van der Waals surface area contributed by atoms with Gasteiger partial charge < -0.3 is 10.5 Å². The highest BCUT2D eigenvalue weighted by atomic mass is 32.1. The minimum Gasteiger partial charge on any atom is -0.487 e. The van der Waals surface area contributed by atoms with Crippen LogP contribution in [-0.4, -0.2) is 15.4 Å². The van der Waals surface area contributed by atoms with E-state index >= 15 is 0 Å². The molecule has 0 aliphatic carbocycles. The summed E-state index contributed by atoms with van der Waals surface area (Å²) in [4.78, 5) is 5.39. The molecule has 110 valence electrons. The van der Waals surface area contributed by atoms with Crippen LogP contribution in [-0.2, 0) is 13.0 Å². The number of ether oxygens (including phenoxy) is 1. The molecule has 2 aromatic heterocycles. The monoisotopic (exact) mass is 305 g/mol. The van der Waals surface area contributed by atoms with Gasteiger partial charge in [-0.25, -0.2) is 9.37 Å². The number of nitrogens with zero attached hydrogens (tertiary/aromatic N) is 2. The van der Waals surface area contributed by atoms with Crippen molar-refractivity contribution in [2.24, 2.45) is 5.73 Å². The highest BCUT2D eigenvalue weighted by Gasteiger charge is 2.09. The maximum atomic E-state index is 13.3. The second-order valence-corrected chi connectivity index (χ2v) is 5.92. The number of nitrogens with two attached hydrogens (primary N) is 1. The third kappa shape index (κ3) is 3.22. The summed E-state index contributed by atoms with van der Waals surface area (Å²) in [6.45, 7) is 2.24. The van der Waals surface area contributed by atoms with Gasteiger partial charge in [-0.05, 0) is 37.1 Å². The van der Waals surface area contributed by atoms with Crippen molar-refractivity contribution in [3.63, 3.8) is 0 Å². The van der Waals surface area contributed by atoms with Crippen LogP contribution in [0.5, 0.6) is 5.75 Å². The van der Waals surface area contributed by atoms with Gasteiger partial charge in [0, 0.05) is 23.8 Å². The molecule has 0 radical (unpaired) electrons. The summed E-state index contributed by atoms with van der Waals surface area (Å²) in [5.41, 5.74) is 7.42. The molecule has 1 aromatic carbocycles. The second-order valence-electron chi connectivity index (χ2n) is 5.05. The molecular weight excluding hydrogens is 289 g/mol. The Morgan fingerprint density at radius 3 is 3.10 bits per heavy atom. The molecule has 0 bridgehead atoms. The van der Waals surface area contributed by atoms with Crippen LogP contribution in [0.2, 0.25) is 0 Å². The Kier molecular flexibility index (Phi) is 3.90. The van der Waals surface area contributed by atoms with Gasteiger partial charge in [0.05, 0.1) is 5.69 Å². The number of fused-ring (bicyclic) bond motifs is 1. The van der Waals surface area contributed by atoms with Crippen LogP contribution in [0.3, 0.4) is 0 Å². The number of halogens is 1. The Morgan fingerprint density at radius 2 is 2.33 bits per heavy atom. The molecule has 0 amide bonds. The molecule has 0 spiro atoms. The van der Waals surface area contributed by atoms with Crippen molar-refractivity contribution in [2.45, 2.75) is 26.0 Å². The predicted molar refractivity (Wildman–Crippen MR) is 81.2 cm³/mol. The SMILES string of the molecule is CC(N)Cc1cc(F)ccc1OCc1cn2ccsc2n1. The van der Waals surface area contributed by atoms with Gasteiger partial charge in [0.1, 0.15) is 18.2 Å². The van der Waals surface area contributed by atoms with Crippen molar-refractivity contribution in [3.8, 4) is 5.75 Å². The summed E-state index contributed by atoms with van der Waals surface area (Å²) in [7, 11) is 0. The lowest BCUT2D eigenvalue weighted by molar-refractivity contribution is 0.298. The maximum absolute atomic E-state index is 13.3. The van der Waals surface area contributed by atoms with Crippen molar-refractivity contribution in [1.82, 2.24) is 9.38 Å². The van der Waals surface area contributed by atoms with Crippen molar-refractivity contribution < 1.29 is 9.13 Å². The van der Waals surface area contributed by atoms with Gasteiger partial charge in [-0.15, -0.1) is 11.3 Å². The first-order valence-corrected chi connectivity index (χ1v) is 7.57. The molecule has 6 heteroatoms. The molecule has 2 N–H and O–H groups in total. The molecule has 2 heterocycles. The number of rotatable bonds is 5. The topological polar surface area (TPSA) is 52.5 Å². The van der Waals surface area contributed by atoms with Crippen LogP contribution < -0.4 is 10.5 Å². The van der Waals surface area contributed by atoms with Crippen LogP contribution in [0.25, 0.3) is 4.96 Å². The summed E-state index contributed by atoms with van der Waals surface area (Å²) in [6, 6.07) is 4.47. The summed E-state index contributed by atoms with van der Waals surface area (Å²) in [5.74, 6) is 0.380. The van der Waals surface area contributed by atoms with Gasteiger partial charge in [0.2, 0.25) is 0 Å². The molecule has 0 aliphatic heterocycles. The minimum absolute atomic E-state index is 0.0490. The third-order valence-corrected chi connectivity index (χ3v) is 3.85. The van der Waals surface area contributed by atoms with E-state index in [4.69, 9.17) is 10.5 Å². The fraction of sp³-hybridized carbons (Fsp3) is 0.267. The van der Waals surface area contributed by atoms with Crippen molar-refractivity contribution in [2.75, 3.05) is 0 Å². The molecule has 3 rings (SSSR count). The van der Waals surface area contributed by atoms with Crippen molar-refractivity contribution >= 4 is 16.3 Å². The van der Waals surface area contributed by atoms with E-state index < -0.39 is 0 Å². The van der Waals surface area contributed by atoms with Crippen LogP contribution >= 0.6 is 11.3 Å². The predicted octanol–water partition coefficient (Wildman–Crippen LogP) is 3.00. The largest absolute Gasteiger partial charge is 0.487 e. The van der Waals surface area contributed by atoms with Gasteiger partial charge in [0.15, 0.2) is 4.96 Å². The third-order valence-electron chi connectivity index (χ3n) is 3.08. The number of aromatic nitrogens is 2. The minimum atomic E-state index is -0.277. The Labute approximate surface area is 126 Å². The van der Waals surface area contributed by atoms with Crippen molar-refractivity contribution in [1.29, 1.82) is 0 Å².